The fourth-order valence-corrected chi connectivity index (χ4v) is 4.08. The maximum Gasteiger partial charge on any atom is 0.251 e. The molecule has 0 saturated carbocycles. The van der Waals surface area contributed by atoms with Gasteiger partial charge < -0.3 is 9.73 Å². The molecule has 2 heterocycles. The number of furan rings is 1. The van der Waals surface area contributed by atoms with E-state index < -0.39 is 10.8 Å². The van der Waals surface area contributed by atoms with Crippen molar-refractivity contribution >= 4 is 38.3 Å². The predicted molar refractivity (Wildman–Crippen MR) is 107 cm³/mol. The van der Waals surface area contributed by atoms with Crippen LogP contribution < -0.4 is 5.32 Å². The largest absolute Gasteiger partial charge is 0.457 e. The Morgan fingerprint density at radius 3 is 2.63 bits per heavy atom. The molecule has 0 aliphatic rings. The van der Waals surface area contributed by atoms with E-state index in [4.69, 9.17) is 4.42 Å². The van der Waals surface area contributed by atoms with Crippen molar-refractivity contribution in [1.82, 2.24) is 10.3 Å². The average molecular weight is 396 g/mol. The first kappa shape index (κ1) is 17.6. The van der Waals surface area contributed by atoms with Crippen LogP contribution in [-0.4, -0.2) is 21.4 Å². The van der Waals surface area contributed by atoms with Crippen LogP contribution in [0.2, 0.25) is 0 Å². The van der Waals surface area contributed by atoms with E-state index >= 15 is 0 Å². The Balaban J connectivity index is 1.43. The molecule has 0 unspecified atom stereocenters. The van der Waals surface area contributed by atoms with E-state index in [1.54, 1.807) is 41.9 Å². The lowest BCUT2D eigenvalue weighted by Crippen LogP contribution is -2.22. The molecule has 0 radical (unpaired) electrons. The Kier molecular flexibility index (Phi) is 4.87. The number of nitrogens with one attached hydrogen (secondary N) is 1. The summed E-state index contributed by atoms with van der Waals surface area (Å²) >= 11 is 1.57. The van der Waals surface area contributed by atoms with Gasteiger partial charge in [-0.1, -0.05) is 12.1 Å². The highest BCUT2D eigenvalue weighted by Crippen LogP contribution is 2.31. The van der Waals surface area contributed by atoms with Crippen molar-refractivity contribution in [3.8, 4) is 10.8 Å². The number of fused-ring (bicyclic) bond motifs is 1. The lowest BCUT2D eigenvalue weighted by molar-refractivity contribution is 0.0948. The van der Waals surface area contributed by atoms with Gasteiger partial charge in [-0.2, -0.15) is 0 Å². The van der Waals surface area contributed by atoms with Crippen LogP contribution in [-0.2, 0) is 17.3 Å². The molecule has 0 saturated heterocycles. The molecule has 0 spiro atoms. The predicted octanol–water partition coefficient (Wildman–Crippen LogP) is 4.22. The van der Waals surface area contributed by atoms with Crippen molar-refractivity contribution in [3.63, 3.8) is 0 Å². The lowest BCUT2D eigenvalue weighted by Gasteiger charge is -2.04. The van der Waals surface area contributed by atoms with Crippen LogP contribution in [0.1, 0.15) is 16.1 Å². The fourth-order valence-electron chi connectivity index (χ4n) is 2.63. The van der Waals surface area contributed by atoms with Gasteiger partial charge in [-0.3, -0.25) is 9.00 Å². The van der Waals surface area contributed by atoms with Crippen LogP contribution in [0.3, 0.4) is 0 Å². The fraction of sp³-hybridized carbons (Fsp3) is 0.100. The number of hydrogen-bond acceptors (Lipinski definition) is 5. The SMILES string of the molecule is C[S@](=O)c1ccc(C(=O)NCc2ccc(-c3nc4ccccc4s3)o2)cc1. The molecule has 1 N–H and O–H groups in total. The number of thiazole rings is 1. The third-order valence-corrected chi connectivity index (χ3v) is 6.02. The van der Waals surface area contributed by atoms with Crippen molar-refractivity contribution in [2.24, 2.45) is 0 Å². The lowest BCUT2D eigenvalue weighted by atomic mass is 10.2. The van der Waals surface area contributed by atoms with Gasteiger partial charge in [-0.15, -0.1) is 11.3 Å². The number of aromatic nitrogens is 1. The molecule has 4 rings (SSSR count). The molecule has 2 aromatic heterocycles. The summed E-state index contributed by atoms with van der Waals surface area (Å²) in [6, 6.07) is 18.4. The van der Waals surface area contributed by atoms with Gasteiger partial charge in [0.05, 0.1) is 16.8 Å². The van der Waals surface area contributed by atoms with Crippen LogP contribution in [0.4, 0.5) is 0 Å². The normalized spacial score (nSPS) is 12.2. The Hall–Kier alpha value is -2.77. The molecular formula is C20H16N2O3S2. The van der Waals surface area contributed by atoms with Gasteiger partial charge in [0.2, 0.25) is 0 Å². The monoisotopic (exact) mass is 396 g/mol. The highest BCUT2D eigenvalue weighted by atomic mass is 32.2. The Morgan fingerprint density at radius 2 is 1.89 bits per heavy atom. The number of hydrogen-bond donors (Lipinski definition) is 1. The van der Waals surface area contributed by atoms with Crippen molar-refractivity contribution in [2.45, 2.75) is 11.4 Å². The first-order valence-corrected chi connectivity index (χ1v) is 10.6. The standard InChI is InChI=1S/C20H16N2O3S2/c1-27(24)15-9-6-13(7-10-15)19(23)21-12-14-8-11-17(25-14)20-22-16-4-2-3-5-18(16)26-20/h2-11H,12H2,1H3,(H,21,23)/t27-/m0/s1. The van der Waals surface area contributed by atoms with E-state index in [-0.39, 0.29) is 12.5 Å². The number of benzene rings is 2. The summed E-state index contributed by atoms with van der Waals surface area (Å²) in [5.74, 6) is 1.14. The summed E-state index contributed by atoms with van der Waals surface area (Å²) in [7, 11) is -1.06. The molecular weight excluding hydrogens is 380 g/mol. The van der Waals surface area contributed by atoms with Crippen LogP contribution in [0.5, 0.6) is 0 Å². The molecule has 0 aliphatic heterocycles. The van der Waals surface area contributed by atoms with Crippen molar-refractivity contribution in [1.29, 1.82) is 0 Å². The molecule has 4 aromatic rings. The van der Waals surface area contributed by atoms with E-state index in [1.807, 2.05) is 36.4 Å². The minimum absolute atomic E-state index is 0.207. The summed E-state index contributed by atoms with van der Waals surface area (Å²) in [4.78, 5) is 17.5. The van der Waals surface area contributed by atoms with Gasteiger partial charge in [-0.05, 0) is 48.5 Å². The second-order valence-electron chi connectivity index (χ2n) is 5.91. The molecule has 1 amide bonds. The Bertz CT molecular complexity index is 1100. The first-order chi connectivity index (χ1) is 13.1. The number of rotatable bonds is 5. The van der Waals surface area contributed by atoms with Crippen molar-refractivity contribution < 1.29 is 13.4 Å². The minimum atomic E-state index is -1.06. The van der Waals surface area contributed by atoms with Crippen LogP contribution in [0.15, 0.2) is 70.0 Å². The summed E-state index contributed by atoms with van der Waals surface area (Å²) in [5, 5.41) is 3.65. The van der Waals surface area contributed by atoms with Gasteiger partial charge in [0.15, 0.2) is 10.8 Å². The molecule has 5 nitrogen and oxygen atoms in total. The topological polar surface area (TPSA) is 72.2 Å². The van der Waals surface area contributed by atoms with Crippen LogP contribution >= 0.6 is 11.3 Å². The maximum atomic E-state index is 12.3. The highest BCUT2D eigenvalue weighted by molar-refractivity contribution is 7.84. The smallest absolute Gasteiger partial charge is 0.251 e. The van der Waals surface area contributed by atoms with Gasteiger partial charge in [0.1, 0.15) is 5.76 Å². The molecule has 27 heavy (non-hydrogen) atoms. The zero-order valence-electron chi connectivity index (χ0n) is 14.5. The summed E-state index contributed by atoms with van der Waals surface area (Å²) in [6.07, 6.45) is 1.61. The molecule has 1 atom stereocenters. The number of carbonyl (C=O) groups is 1. The van der Waals surface area contributed by atoms with E-state index in [2.05, 4.69) is 10.3 Å². The molecule has 0 aliphatic carbocycles. The molecule has 0 fully saturated rings. The number of nitrogens with zero attached hydrogens (tertiary/aromatic N) is 1. The second-order valence-corrected chi connectivity index (χ2v) is 8.32. The van der Waals surface area contributed by atoms with E-state index in [9.17, 15) is 9.00 Å². The van der Waals surface area contributed by atoms with Crippen molar-refractivity contribution in [2.75, 3.05) is 6.26 Å². The van der Waals surface area contributed by atoms with Crippen molar-refractivity contribution in [3.05, 3.63) is 72.0 Å². The number of para-hydroxylation sites is 1. The molecule has 136 valence electrons. The number of carbonyl (C=O) groups excluding carboxylic acids is 1. The molecule has 7 heteroatoms. The van der Waals surface area contributed by atoms with Crippen LogP contribution in [0.25, 0.3) is 21.0 Å². The van der Waals surface area contributed by atoms with Gasteiger partial charge in [0, 0.05) is 27.5 Å². The maximum absolute atomic E-state index is 12.3. The summed E-state index contributed by atoms with van der Waals surface area (Å²) in [6.45, 7) is 0.283. The Labute approximate surface area is 162 Å². The Morgan fingerprint density at radius 1 is 1.11 bits per heavy atom. The number of amides is 1. The van der Waals surface area contributed by atoms with Gasteiger partial charge >= 0.3 is 0 Å². The third-order valence-electron chi connectivity index (χ3n) is 4.04. The summed E-state index contributed by atoms with van der Waals surface area (Å²) in [5.41, 5.74) is 1.46. The van der Waals surface area contributed by atoms with Crippen LogP contribution in [0, 0.1) is 0 Å². The van der Waals surface area contributed by atoms with E-state index in [0.717, 1.165) is 15.2 Å². The quantitative estimate of drug-likeness (QED) is 0.548. The zero-order valence-corrected chi connectivity index (χ0v) is 16.1. The third kappa shape index (κ3) is 3.84. The minimum Gasteiger partial charge on any atom is -0.457 e. The average Bonchev–Trinajstić information content (AvgIpc) is 3.32. The van der Waals surface area contributed by atoms with E-state index in [1.165, 1.54) is 0 Å². The molecule has 0 bridgehead atoms. The first-order valence-electron chi connectivity index (χ1n) is 8.26. The van der Waals surface area contributed by atoms with Gasteiger partial charge in [0.25, 0.3) is 5.91 Å². The highest BCUT2D eigenvalue weighted by Gasteiger charge is 2.12. The summed E-state index contributed by atoms with van der Waals surface area (Å²) < 4.78 is 18.3. The zero-order chi connectivity index (χ0) is 18.8. The second kappa shape index (κ2) is 7.46. The van der Waals surface area contributed by atoms with Gasteiger partial charge in [-0.25, -0.2) is 4.98 Å². The molecule has 2 aromatic carbocycles. The van der Waals surface area contributed by atoms with E-state index in [0.29, 0.717) is 22.0 Å².